The summed E-state index contributed by atoms with van der Waals surface area (Å²) in [5.74, 6) is 0.948. The fourth-order valence-electron chi connectivity index (χ4n) is 3.11. The molecule has 6 nitrogen and oxygen atoms in total. The topological polar surface area (TPSA) is 49.6 Å². The minimum Gasteiger partial charge on any atom is -0.371 e. The van der Waals surface area contributed by atoms with E-state index in [0.29, 0.717) is 0 Å². The van der Waals surface area contributed by atoms with Gasteiger partial charge in [0.25, 0.3) is 0 Å². The first kappa shape index (κ1) is 15.9. The zero-order valence-electron chi connectivity index (χ0n) is 13.8. The summed E-state index contributed by atoms with van der Waals surface area (Å²) in [7, 11) is 0. The van der Waals surface area contributed by atoms with E-state index in [2.05, 4.69) is 37.7 Å². The second-order valence-corrected chi connectivity index (χ2v) is 6.54. The van der Waals surface area contributed by atoms with E-state index in [1.165, 1.54) is 0 Å². The number of hydrogen-bond donors (Lipinski definition) is 0. The highest BCUT2D eigenvalue weighted by Gasteiger charge is 2.20. The van der Waals surface area contributed by atoms with Crippen molar-refractivity contribution in [3.63, 3.8) is 0 Å². The molecule has 128 valence electrons. The highest BCUT2D eigenvalue weighted by atomic mass is 35.5. The van der Waals surface area contributed by atoms with E-state index in [1.54, 1.807) is 10.8 Å². The van der Waals surface area contributed by atoms with Crippen molar-refractivity contribution >= 4 is 23.1 Å². The van der Waals surface area contributed by atoms with Crippen LogP contribution in [0.15, 0.2) is 55.0 Å². The number of halogens is 1. The number of nitrogens with zero attached hydrogens (tertiary/aromatic N) is 6. The number of fused-ring (bicyclic) bond motifs is 1. The summed E-state index contributed by atoms with van der Waals surface area (Å²) < 4.78 is 1.71. The molecule has 25 heavy (non-hydrogen) atoms. The summed E-state index contributed by atoms with van der Waals surface area (Å²) in [5.41, 5.74) is 2.99. The molecule has 1 aliphatic heterocycles. The van der Waals surface area contributed by atoms with E-state index >= 15 is 0 Å². The predicted octanol–water partition coefficient (Wildman–Crippen LogP) is 2.66. The van der Waals surface area contributed by atoms with Gasteiger partial charge < -0.3 is 9.80 Å². The van der Waals surface area contributed by atoms with Crippen LogP contribution in [0.5, 0.6) is 0 Å². The molecule has 4 rings (SSSR count). The fourth-order valence-corrected chi connectivity index (χ4v) is 3.31. The van der Waals surface area contributed by atoms with Gasteiger partial charge in [-0.1, -0.05) is 36.4 Å². The van der Waals surface area contributed by atoms with Crippen LogP contribution in [0.3, 0.4) is 0 Å². The number of piperazine rings is 1. The minimum atomic E-state index is 0.760. The number of benzene rings is 1. The van der Waals surface area contributed by atoms with Gasteiger partial charge in [-0.05, 0) is 23.8 Å². The molecule has 7 heteroatoms. The molecule has 0 atom stereocenters. The molecular weight excluding hydrogens is 336 g/mol. The van der Waals surface area contributed by atoms with Crippen LogP contribution in [0, 0.1) is 0 Å². The summed E-state index contributed by atoms with van der Waals surface area (Å²) in [5, 5.41) is 13.2. The predicted molar refractivity (Wildman–Crippen MR) is 98.9 cm³/mol. The molecule has 1 aliphatic rings. The van der Waals surface area contributed by atoms with Crippen LogP contribution in [-0.2, 0) is 6.42 Å². The molecule has 0 aliphatic carbocycles. The summed E-state index contributed by atoms with van der Waals surface area (Å²) >= 11 is 6.26. The van der Waals surface area contributed by atoms with Gasteiger partial charge in [-0.25, -0.2) is 0 Å². The largest absolute Gasteiger partial charge is 0.371 e. The lowest BCUT2D eigenvalue weighted by Crippen LogP contribution is -2.46. The number of anilines is 1. The normalized spacial score (nSPS) is 14.9. The lowest BCUT2D eigenvalue weighted by Gasteiger charge is -2.37. The summed E-state index contributed by atoms with van der Waals surface area (Å²) in [4.78, 5) is 4.61. The Morgan fingerprint density at radius 3 is 2.68 bits per heavy atom. The van der Waals surface area contributed by atoms with Crippen LogP contribution < -0.4 is 4.90 Å². The van der Waals surface area contributed by atoms with Crippen LogP contribution in [0.25, 0.3) is 5.65 Å². The average molecular weight is 355 g/mol. The minimum absolute atomic E-state index is 0.760. The first-order valence-electron chi connectivity index (χ1n) is 8.29. The lowest BCUT2D eigenvalue weighted by atomic mass is 10.1. The number of rotatable bonds is 4. The molecule has 3 aromatic rings. The molecule has 0 saturated carbocycles. The average Bonchev–Trinajstić information content (AvgIpc) is 3.11. The van der Waals surface area contributed by atoms with Gasteiger partial charge in [-0.15, -0.1) is 15.3 Å². The molecule has 0 spiro atoms. The Kier molecular flexibility index (Phi) is 4.28. The van der Waals surface area contributed by atoms with Gasteiger partial charge in [0.1, 0.15) is 12.1 Å². The van der Waals surface area contributed by atoms with Gasteiger partial charge in [0.15, 0.2) is 5.65 Å². The second-order valence-electron chi connectivity index (χ2n) is 6.13. The Labute approximate surface area is 151 Å². The van der Waals surface area contributed by atoms with Crippen molar-refractivity contribution < 1.29 is 0 Å². The molecule has 0 unspecified atom stereocenters. The van der Waals surface area contributed by atoms with Crippen molar-refractivity contribution in [2.75, 3.05) is 31.1 Å². The standard InChI is InChI=1S/C18H19ClN6/c1-14(12-15-4-2-3-5-16(15)19)23-8-10-24(11-9-23)18-7-6-17-21-20-13-25(17)22-18/h2-7,13H,1,8-12H2. The van der Waals surface area contributed by atoms with E-state index in [4.69, 9.17) is 11.6 Å². The Morgan fingerprint density at radius 2 is 1.88 bits per heavy atom. The first-order chi connectivity index (χ1) is 12.2. The smallest absolute Gasteiger partial charge is 0.177 e. The Balaban J connectivity index is 1.39. The maximum Gasteiger partial charge on any atom is 0.177 e. The van der Waals surface area contributed by atoms with Gasteiger partial charge in [0, 0.05) is 43.3 Å². The van der Waals surface area contributed by atoms with E-state index in [1.807, 2.05) is 30.3 Å². The monoisotopic (exact) mass is 354 g/mol. The number of allylic oxidation sites excluding steroid dienone is 1. The van der Waals surface area contributed by atoms with Gasteiger partial charge >= 0.3 is 0 Å². The van der Waals surface area contributed by atoms with Crippen LogP contribution >= 0.6 is 11.6 Å². The van der Waals surface area contributed by atoms with Crippen molar-refractivity contribution in [2.24, 2.45) is 0 Å². The molecule has 1 aromatic carbocycles. The molecule has 3 heterocycles. The van der Waals surface area contributed by atoms with Crippen LogP contribution in [0.2, 0.25) is 5.02 Å². The van der Waals surface area contributed by atoms with Gasteiger partial charge in [-0.3, -0.25) is 0 Å². The van der Waals surface area contributed by atoms with Crippen molar-refractivity contribution in [3.8, 4) is 0 Å². The van der Waals surface area contributed by atoms with Crippen molar-refractivity contribution in [1.29, 1.82) is 0 Å². The maximum atomic E-state index is 6.26. The first-order valence-corrected chi connectivity index (χ1v) is 8.66. The van der Waals surface area contributed by atoms with E-state index in [9.17, 15) is 0 Å². The van der Waals surface area contributed by atoms with Crippen LogP contribution in [0.1, 0.15) is 5.56 Å². The summed E-state index contributed by atoms with van der Waals surface area (Å²) in [6.45, 7) is 7.91. The third kappa shape index (κ3) is 3.30. The maximum absolute atomic E-state index is 6.26. The van der Waals surface area contributed by atoms with Gasteiger partial charge in [-0.2, -0.15) is 4.52 Å². The molecule has 0 N–H and O–H groups in total. The number of aromatic nitrogens is 4. The SMILES string of the molecule is C=C(Cc1ccccc1Cl)N1CCN(c2ccc3nncn3n2)CC1. The third-order valence-corrected chi connectivity index (χ3v) is 4.92. The Morgan fingerprint density at radius 1 is 1.08 bits per heavy atom. The third-order valence-electron chi connectivity index (χ3n) is 4.55. The molecule has 0 radical (unpaired) electrons. The van der Waals surface area contributed by atoms with E-state index < -0.39 is 0 Å². The zero-order chi connectivity index (χ0) is 17.2. The molecule has 2 aromatic heterocycles. The molecule has 1 fully saturated rings. The Hall–Kier alpha value is -2.60. The molecular formula is C18H19ClN6. The quantitative estimate of drug-likeness (QED) is 0.721. The van der Waals surface area contributed by atoms with Gasteiger partial charge in [0.05, 0.1) is 0 Å². The molecule has 1 saturated heterocycles. The highest BCUT2D eigenvalue weighted by molar-refractivity contribution is 6.31. The highest BCUT2D eigenvalue weighted by Crippen LogP contribution is 2.21. The van der Waals surface area contributed by atoms with E-state index in [-0.39, 0.29) is 0 Å². The lowest BCUT2D eigenvalue weighted by molar-refractivity contribution is 0.315. The molecule has 0 amide bonds. The fraction of sp³-hybridized carbons (Fsp3) is 0.278. The second kappa shape index (κ2) is 6.72. The number of hydrogen-bond acceptors (Lipinski definition) is 5. The van der Waals surface area contributed by atoms with Crippen molar-refractivity contribution in [1.82, 2.24) is 24.7 Å². The Bertz CT molecular complexity index is 897. The zero-order valence-corrected chi connectivity index (χ0v) is 14.6. The van der Waals surface area contributed by atoms with Gasteiger partial charge in [0.2, 0.25) is 0 Å². The molecule has 0 bridgehead atoms. The van der Waals surface area contributed by atoms with E-state index in [0.717, 1.165) is 60.3 Å². The van der Waals surface area contributed by atoms with Crippen LogP contribution in [0.4, 0.5) is 5.82 Å². The summed E-state index contributed by atoms with van der Waals surface area (Å²) in [6, 6.07) is 11.9. The van der Waals surface area contributed by atoms with Crippen LogP contribution in [-0.4, -0.2) is 50.9 Å². The summed E-state index contributed by atoms with van der Waals surface area (Å²) in [6.07, 6.45) is 2.41. The van der Waals surface area contributed by atoms with Crippen molar-refractivity contribution in [2.45, 2.75) is 6.42 Å². The van der Waals surface area contributed by atoms with Crippen molar-refractivity contribution in [3.05, 3.63) is 65.6 Å².